The van der Waals surface area contributed by atoms with E-state index in [1.54, 1.807) is 0 Å². The Labute approximate surface area is 148 Å². The fourth-order valence-corrected chi connectivity index (χ4v) is 4.17. The quantitative estimate of drug-likeness (QED) is 0.514. The second kappa shape index (κ2) is 10.2. The molecule has 0 saturated heterocycles. The number of rotatable bonds is 6. The standard InChI is InChI=1S/C19H38N4O/c1-4-20-19(22-16-10-12-17(24)13-11-16)21-14-18(23(2)3)15-8-6-5-7-9-15/h15-18,24H,4-14H2,1-3H3,(H2,20,21,22). The molecular formula is C19H38N4O. The molecule has 0 radical (unpaired) electrons. The Balaban J connectivity index is 1.91. The average Bonchev–Trinajstić information content (AvgIpc) is 2.58. The van der Waals surface area contributed by atoms with E-state index in [-0.39, 0.29) is 6.10 Å². The minimum Gasteiger partial charge on any atom is -0.393 e. The molecule has 1 unspecified atom stereocenters. The smallest absolute Gasteiger partial charge is 0.191 e. The Kier molecular flexibility index (Phi) is 8.33. The SMILES string of the molecule is CCNC(=NCC(C1CCCCC1)N(C)C)NC1CCC(O)CC1. The maximum absolute atomic E-state index is 9.67. The molecule has 0 bridgehead atoms. The minimum atomic E-state index is -0.105. The first-order valence-electron chi connectivity index (χ1n) is 9.99. The molecule has 140 valence electrons. The van der Waals surface area contributed by atoms with Crippen LogP contribution in [0.25, 0.3) is 0 Å². The van der Waals surface area contributed by atoms with Gasteiger partial charge in [0.1, 0.15) is 0 Å². The van der Waals surface area contributed by atoms with Crippen LogP contribution < -0.4 is 10.6 Å². The number of guanidine groups is 1. The Morgan fingerprint density at radius 1 is 1.08 bits per heavy atom. The van der Waals surface area contributed by atoms with Gasteiger partial charge in [0, 0.05) is 18.6 Å². The van der Waals surface area contributed by atoms with E-state index in [0.29, 0.717) is 12.1 Å². The number of aliphatic imine (C=N–C) groups is 1. The number of likely N-dealkylation sites (N-methyl/N-ethyl adjacent to an activating group) is 1. The van der Waals surface area contributed by atoms with Crippen LogP contribution in [0.5, 0.6) is 0 Å². The summed E-state index contributed by atoms with van der Waals surface area (Å²) in [5, 5.41) is 16.6. The molecule has 0 spiro atoms. The van der Waals surface area contributed by atoms with Crippen molar-refractivity contribution < 1.29 is 5.11 Å². The maximum Gasteiger partial charge on any atom is 0.191 e. The first-order valence-corrected chi connectivity index (χ1v) is 9.99. The number of aliphatic hydroxyl groups excluding tert-OH is 1. The molecule has 5 heteroatoms. The summed E-state index contributed by atoms with van der Waals surface area (Å²) in [5.74, 6) is 1.73. The van der Waals surface area contributed by atoms with E-state index in [4.69, 9.17) is 4.99 Å². The molecule has 2 aliphatic rings. The van der Waals surface area contributed by atoms with Gasteiger partial charge in [0.2, 0.25) is 0 Å². The highest BCUT2D eigenvalue weighted by atomic mass is 16.3. The molecule has 5 nitrogen and oxygen atoms in total. The van der Waals surface area contributed by atoms with Gasteiger partial charge in [-0.3, -0.25) is 4.99 Å². The largest absolute Gasteiger partial charge is 0.393 e. The fourth-order valence-electron chi connectivity index (χ4n) is 4.17. The summed E-state index contributed by atoms with van der Waals surface area (Å²) in [5.41, 5.74) is 0. The molecule has 0 aromatic carbocycles. The zero-order valence-electron chi connectivity index (χ0n) is 15.9. The van der Waals surface area contributed by atoms with Crippen molar-refractivity contribution in [3.8, 4) is 0 Å². The minimum absolute atomic E-state index is 0.105. The molecule has 0 aromatic rings. The highest BCUT2D eigenvalue weighted by molar-refractivity contribution is 5.80. The van der Waals surface area contributed by atoms with E-state index >= 15 is 0 Å². The van der Waals surface area contributed by atoms with E-state index in [0.717, 1.165) is 50.7 Å². The third-order valence-corrected chi connectivity index (χ3v) is 5.68. The monoisotopic (exact) mass is 338 g/mol. The average molecular weight is 339 g/mol. The molecule has 0 amide bonds. The lowest BCUT2D eigenvalue weighted by Gasteiger charge is -2.34. The highest BCUT2D eigenvalue weighted by Crippen LogP contribution is 2.28. The van der Waals surface area contributed by atoms with Crippen molar-refractivity contribution >= 4 is 5.96 Å². The number of aliphatic hydroxyl groups is 1. The van der Waals surface area contributed by atoms with Gasteiger partial charge in [-0.25, -0.2) is 0 Å². The molecular weight excluding hydrogens is 300 g/mol. The van der Waals surface area contributed by atoms with E-state index in [2.05, 4.69) is 36.6 Å². The lowest BCUT2D eigenvalue weighted by Crippen LogP contribution is -2.46. The lowest BCUT2D eigenvalue weighted by atomic mass is 9.83. The van der Waals surface area contributed by atoms with Crippen LogP contribution in [-0.2, 0) is 0 Å². The van der Waals surface area contributed by atoms with Crippen molar-refractivity contribution in [1.29, 1.82) is 0 Å². The summed E-state index contributed by atoms with van der Waals surface area (Å²) in [6, 6.07) is 0.979. The summed E-state index contributed by atoms with van der Waals surface area (Å²) >= 11 is 0. The number of nitrogens with one attached hydrogen (secondary N) is 2. The van der Waals surface area contributed by atoms with Crippen LogP contribution in [0.3, 0.4) is 0 Å². The van der Waals surface area contributed by atoms with Crippen molar-refractivity contribution in [2.45, 2.75) is 82.9 Å². The van der Waals surface area contributed by atoms with Gasteiger partial charge in [0.15, 0.2) is 5.96 Å². The zero-order valence-corrected chi connectivity index (χ0v) is 15.9. The summed E-state index contributed by atoms with van der Waals surface area (Å²) in [6.45, 7) is 3.87. The van der Waals surface area contributed by atoms with Crippen molar-refractivity contribution in [1.82, 2.24) is 15.5 Å². The Bertz CT molecular complexity index is 372. The van der Waals surface area contributed by atoms with Gasteiger partial charge in [-0.1, -0.05) is 19.3 Å². The predicted octanol–water partition coefficient (Wildman–Crippen LogP) is 2.36. The van der Waals surface area contributed by atoms with Crippen molar-refractivity contribution in [3.63, 3.8) is 0 Å². The first-order chi connectivity index (χ1) is 11.6. The van der Waals surface area contributed by atoms with Crippen LogP contribution in [-0.4, -0.2) is 61.3 Å². The molecule has 0 heterocycles. The maximum atomic E-state index is 9.67. The van der Waals surface area contributed by atoms with Crippen LogP contribution in [0.1, 0.15) is 64.7 Å². The Morgan fingerprint density at radius 3 is 2.33 bits per heavy atom. The zero-order chi connectivity index (χ0) is 17.4. The van der Waals surface area contributed by atoms with Gasteiger partial charge in [-0.05, 0) is 65.5 Å². The van der Waals surface area contributed by atoms with Crippen LogP contribution >= 0.6 is 0 Å². The molecule has 0 aromatic heterocycles. The van der Waals surface area contributed by atoms with Crippen LogP contribution in [0.2, 0.25) is 0 Å². The summed E-state index contributed by atoms with van der Waals surface area (Å²) in [4.78, 5) is 7.27. The predicted molar refractivity (Wildman–Crippen MR) is 101 cm³/mol. The van der Waals surface area contributed by atoms with Crippen LogP contribution in [0.4, 0.5) is 0 Å². The second-order valence-electron chi connectivity index (χ2n) is 7.80. The molecule has 2 saturated carbocycles. The molecule has 2 aliphatic carbocycles. The van der Waals surface area contributed by atoms with Gasteiger partial charge in [-0.15, -0.1) is 0 Å². The Morgan fingerprint density at radius 2 is 1.75 bits per heavy atom. The van der Waals surface area contributed by atoms with E-state index in [1.807, 2.05) is 0 Å². The number of hydrogen-bond acceptors (Lipinski definition) is 3. The van der Waals surface area contributed by atoms with E-state index in [1.165, 1.54) is 32.1 Å². The van der Waals surface area contributed by atoms with Gasteiger partial charge in [0.05, 0.1) is 12.6 Å². The van der Waals surface area contributed by atoms with Gasteiger partial charge in [-0.2, -0.15) is 0 Å². The summed E-state index contributed by atoms with van der Waals surface area (Å²) in [7, 11) is 4.38. The van der Waals surface area contributed by atoms with Crippen molar-refractivity contribution in [2.24, 2.45) is 10.9 Å². The fraction of sp³-hybridized carbons (Fsp3) is 0.947. The van der Waals surface area contributed by atoms with E-state index in [9.17, 15) is 5.11 Å². The topological polar surface area (TPSA) is 59.9 Å². The normalized spacial score (nSPS) is 28.0. The molecule has 2 fully saturated rings. The van der Waals surface area contributed by atoms with E-state index < -0.39 is 0 Å². The third-order valence-electron chi connectivity index (χ3n) is 5.68. The van der Waals surface area contributed by atoms with Gasteiger partial charge >= 0.3 is 0 Å². The van der Waals surface area contributed by atoms with Crippen molar-refractivity contribution in [2.75, 3.05) is 27.2 Å². The van der Waals surface area contributed by atoms with Crippen LogP contribution in [0.15, 0.2) is 4.99 Å². The van der Waals surface area contributed by atoms with Crippen molar-refractivity contribution in [3.05, 3.63) is 0 Å². The van der Waals surface area contributed by atoms with Gasteiger partial charge in [0.25, 0.3) is 0 Å². The third kappa shape index (κ3) is 6.25. The highest BCUT2D eigenvalue weighted by Gasteiger charge is 2.25. The second-order valence-corrected chi connectivity index (χ2v) is 7.80. The first kappa shape index (κ1) is 19.5. The molecule has 24 heavy (non-hydrogen) atoms. The number of nitrogens with zero attached hydrogens (tertiary/aromatic N) is 2. The summed E-state index contributed by atoms with van der Waals surface area (Å²) in [6.07, 6.45) is 10.6. The molecule has 1 atom stereocenters. The molecule has 0 aliphatic heterocycles. The Hall–Kier alpha value is -0.810. The molecule has 2 rings (SSSR count). The van der Waals surface area contributed by atoms with Crippen LogP contribution in [0, 0.1) is 5.92 Å². The van der Waals surface area contributed by atoms with Gasteiger partial charge < -0.3 is 20.6 Å². The number of hydrogen-bond donors (Lipinski definition) is 3. The lowest BCUT2D eigenvalue weighted by molar-refractivity contribution is 0.120. The summed E-state index contributed by atoms with van der Waals surface area (Å²) < 4.78 is 0. The molecule has 3 N–H and O–H groups in total.